The van der Waals surface area contributed by atoms with Crippen LogP contribution in [0.1, 0.15) is 11.3 Å². The smallest absolute Gasteiger partial charge is 0.177 e. The lowest BCUT2D eigenvalue weighted by Gasteiger charge is -2.09. The summed E-state index contributed by atoms with van der Waals surface area (Å²) in [5.74, 6) is 0.777. The van der Waals surface area contributed by atoms with Crippen molar-refractivity contribution in [3.63, 3.8) is 0 Å². The number of imidazole rings is 1. The van der Waals surface area contributed by atoms with Crippen molar-refractivity contribution in [2.75, 3.05) is 0 Å². The van der Waals surface area contributed by atoms with E-state index in [1.54, 1.807) is 25.0 Å². The maximum absolute atomic E-state index is 6.27. The highest BCUT2D eigenvalue weighted by Crippen LogP contribution is 2.22. The molecule has 0 aliphatic carbocycles. The van der Waals surface area contributed by atoms with E-state index in [0.29, 0.717) is 28.6 Å². The highest BCUT2D eigenvalue weighted by atomic mass is 35.5. The summed E-state index contributed by atoms with van der Waals surface area (Å²) >= 11 is 12.2. The van der Waals surface area contributed by atoms with Crippen LogP contribution in [0.2, 0.25) is 10.0 Å². The van der Waals surface area contributed by atoms with Gasteiger partial charge < -0.3 is 14.0 Å². The normalized spacial score (nSPS) is 12.2. The van der Waals surface area contributed by atoms with E-state index in [1.807, 2.05) is 28.8 Å². The van der Waals surface area contributed by atoms with E-state index in [-0.39, 0.29) is 0 Å². The van der Waals surface area contributed by atoms with Crippen molar-refractivity contribution in [1.29, 1.82) is 0 Å². The van der Waals surface area contributed by atoms with Gasteiger partial charge in [0.2, 0.25) is 0 Å². The number of nitrogens with zero attached hydrogens (tertiary/aromatic N) is 4. The topological polar surface area (TPSA) is 72.0 Å². The number of furan rings is 1. The van der Waals surface area contributed by atoms with Crippen LogP contribution in [0.15, 0.2) is 58.7 Å². The second kappa shape index (κ2) is 6.74. The van der Waals surface area contributed by atoms with Gasteiger partial charge in [-0.3, -0.25) is 4.99 Å². The van der Waals surface area contributed by atoms with Gasteiger partial charge in [0.05, 0.1) is 32.0 Å². The van der Waals surface area contributed by atoms with Gasteiger partial charge in [-0.2, -0.15) is 0 Å². The fraction of sp³-hybridized carbons (Fsp3) is 0.118. The molecule has 0 unspecified atom stereocenters. The largest absolute Gasteiger partial charge is 0.467 e. The van der Waals surface area contributed by atoms with Crippen molar-refractivity contribution < 1.29 is 4.42 Å². The van der Waals surface area contributed by atoms with Gasteiger partial charge in [0, 0.05) is 10.0 Å². The fourth-order valence-electron chi connectivity index (χ4n) is 2.54. The number of benzene rings is 1. The maximum atomic E-state index is 6.27. The number of rotatable bonds is 4. The van der Waals surface area contributed by atoms with Crippen molar-refractivity contribution in [2.24, 2.45) is 4.99 Å². The molecule has 0 atom stereocenters. The zero-order chi connectivity index (χ0) is 17.2. The minimum atomic E-state index is 0.418. The van der Waals surface area contributed by atoms with Crippen molar-refractivity contribution in [1.82, 2.24) is 19.5 Å². The molecule has 4 aromatic rings. The maximum Gasteiger partial charge on any atom is 0.177 e. The first-order valence-corrected chi connectivity index (χ1v) is 8.31. The summed E-state index contributed by atoms with van der Waals surface area (Å²) in [6, 6.07) is 9.14. The van der Waals surface area contributed by atoms with Crippen LogP contribution in [0.3, 0.4) is 0 Å². The Balaban J connectivity index is 1.71. The van der Waals surface area contributed by atoms with Crippen LogP contribution in [0.4, 0.5) is 0 Å². The third-order valence-corrected chi connectivity index (χ3v) is 4.34. The molecule has 3 aromatic heterocycles. The first-order valence-electron chi connectivity index (χ1n) is 7.56. The Morgan fingerprint density at radius 3 is 2.92 bits per heavy atom. The van der Waals surface area contributed by atoms with E-state index >= 15 is 0 Å². The molecule has 0 bridgehead atoms. The molecule has 0 aliphatic rings. The van der Waals surface area contributed by atoms with Crippen molar-refractivity contribution in [3.8, 4) is 0 Å². The van der Waals surface area contributed by atoms with Crippen LogP contribution in [0.5, 0.6) is 0 Å². The SMILES string of the molecule is Clc1ccc(Cn2cnc(=NCc3ccco3)c3[nH]cnc32)c(Cl)c1. The minimum Gasteiger partial charge on any atom is -0.467 e. The zero-order valence-corrected chi connectivity index (χ0v) is 14.5. The summed E-state index contributed by atoms with van der Waals surface area (Å²) < 4.78 is 7.21. The number of H-pyrrole nitrogens is 1. The van der Waals surface area contributed by atoms with Crippen molar-refractivity contribution in [3.05, 3.63) is 76.1 Å². The van der Waals surface area contributed by atoms with E-state index in [9.17, 15) is 0 Å². The van der Waals surface area contributed by atoms with Crippen LogP contribution in [0, 0.1) is 0 Å². The number of nitrogens with one attached hydrogen (secondary N) is 1. The molecule has 0 saturated carbocycles. The van der Waals surface area contributed by atoms with E-state index in [1.165, 1.54) is 0 Å². The number of halogens is 2. The molecule has 0 fully saturated rings. The molecule has 0 saturated heterocycles. The number of aromatic amines is 1. The predicted molar refractivity (Wildman–Crippen MR) is 95.4 cm³/mol. The van der Waals surface area contributed by atoms with Crippen LogP contribution < -0.4 is 5.49 Å². The molecule has 4 rings (SSSR count). The Bertz CT molecular complexity index is 1080. The lowest BCUT2D eigenvalue weighted by Crippen LogP contribution is -2.15. The van der Waals surface area contributed by atoms with E-state index < -0.39 is 0 Å². The molecule has 1 N–H and O–H groups in total. The van der Waals surface area contributed by atoms with Gasteiger partial charge in [-0.05, 0) is 29.8 Å². The number of fused-ring (bicyclic) bond motifs is 1. The molecular formula is C17H13Cl2N5O. The second-order valence-electron chi connectivity index (χ2n) is 5.43. The highest BCUT2D eigenvalue weighted by Gasteiger charge is 2.08. The quantitative estimate of drug-likeness (QED) is 0.591. The summed E-state index contributed by atoms with van der Waals surface area (Å²) in [6.45, 7) is 0.948. The molecule has 25 heavy (non-hydrogen) atoms. The van der Waals surface area contributed by atoms with Crippen molar-refractivity contribution >= 4 is 34.4 Å². The molecule has 126 valence electrons. The monoisotopic (exact) mass is 373 g/mol. The first kappa shape index (κ1) is 15.9. The number of hydrogen-bond acceptors (Lipinski definition) is 4. The third-order valence-electron chi connectivity index (χ3n) is 3.75. The lowest BCUT2D eigenvalue weighted by atomic mass is 10.2. The summed E-state index contributed by atoms with van der Waals surface area (Å²) in [7, 11) is 0. The van der Waals surface area contributed by atoms with Gasteiger partial charge in [0.15, 0.2) is 11.1 Å². The molecule has 8 heteroatoms. The standard InChI is InChI=1S/C17H13Cl2N5O/c18-12-4-3-11(14(19)6-12)8-24-10-23-16(15-17(24)22-9-21-15)20-7-13-2-1-5-25-13/h1-6,9-10H,7-8H2,(H,21,22). The van der Waals surface area contributed by atoms with Gasteiger partial charge in [-0.15, -0.1) is 0 Å². The van der Waals surface area contributed by atoms with Gasteiger partial charge in [0.25, 0.3) is 0 Å². The average Bonchev–Trinajstić information content (AvgIpc) is 3.28. The van der Waals surface area contributed by atoms with Crippen LogP contribution in [-0.2, 0) is 13.1 Å². The number of aromatic nitrogens is 4. The van der Waals surface area contributed by atoms with E-state index in [0.717, 1.165) is 22.5 Å². The second-order valence-corrected chi connectivity index (χ2v) is 6.27. The van der Waals surface area contributed by atoms with Gasteiger partial charge >= 0.3 is 0 Å². The average molecular weight is 374 g/mol. The Labute approximate surface area is 152 Å². The van der Waals surface area contributed by atoms with Crippen molar-refractivity contribution in [2.45, 2.75) is 13.1 Å². The molecular weight excluding hydrogens is 361 g/mol. The Kier molecular flexibility index (Phi) is 4.29. The Hall–Kier alpha value is -2.57. The van der Waals surface area contributed by atoms with Crippen LogP contribution in [-0.4, -0.2) is 19.5 Å². The Morgan fingerprint density at radius 2 is 2.12 bits per heavy atom. The summed E-state index contributed by atoms with van der Waals surface area (Å²) in [5, 5.41) is 1.21. The summed E-state index contributed by atoms with van der Waals surface area (Å²) in [4.78, 5) is 16.4. The molecule has 0 aliphatic heterocycles. The summed E-state index contributed by atoms with van der Waals surface area (Å²) in [5.41, 5.74) is 3.03. The van der Waals surface area contributed by atoms with Gasteiger partial charge in [-0.25, -0.2) is 9.97 Å². The number of hydrogen-bond donors (Lipinski definition) is 1. The summed E-state index contributed by atoms with van der Waals surface area (Å²) in [6.07, 6.45) is 4.95. The van der Waals surface area contributed by atoms with Crippen LogP contribution >= 0.6 is 23.2 Å². The Morgan fingerprint density at radius 1 is 1.20 bits per heavy atom. The fourth-order valence-corrected chi connectivity index (χ4v) is 3.01. The van der Waals surface area contributed by atoms with E-state index in [2.05, 4.69) is 19.9 Å². The van der Waals surface area contributed by atoms with Gasteiger partial charge in [0.1, 0.15) is 11.3 Å². The molecule has 1 aromatic carbocycles. The predicted octanol–water partition coefficient (Wildman–Crippen LogP) is 3.81. The van der Waals surface area contributed by atoms with E-state index in [4.69, 9.17) is 27.6 Å². The first-order chi connectivity index (χ1) is 12.2. The molecule has 6 nitrogen and oxygen atoms in total. The zero-order valence-electron chi connectivity index (χ0n) is 13.0. The van der Waals surface area contributed by atoms with Crippen LogP contribution in [0.25, 0.3) is 11.2 Å². The molecule has 0 spiro atoms. The highest BCUT2D eigenvalue weighted by molar-refractivity contribution is 6.35. The minimum absolute atomic E-state index is 0.418. The lowest BCUT2D eigenvalue weighted by molar-refractivity contribution is 0.510. The molecule has 0 amide bonds. The molecule has 0 radical (unpaired) electrons. The molecule has 3 heterocycles. The van der Waals surface area contributed by atoms with Gasteiger partial charge in [-0.1, -0.05) is 29.3 Å². The third kappa shape index (κ3) is 3.31.